The zero-order valence-electron chi connectivity index (χ0n) is 10.5. The summed E-state index contributed by atoms with van der Waals surface area (Å²) in [6, 6.07) is 0.709. The number of hydrogen-bond donors (Lipinski definition) is 2. The summed E-state index contributed by atoms with van der Waals surface area (Å²) in [6.45, 7) is 7.47. The van der Waals surface area contributed by atoms with Gasteiger partial charge in [0, 0.05) is 6.04 Å². The third kappa shape index (κ3) is 4.98. The predicted molar refractivity (Wildman–Crippen MR) is 64.9 cm³/mol. The first-order valence-corrected chi connectivity index (χ1v) is 6.51. The van der Waals surface area contributed by atoms with Crippen LogP contribution in [0.1, 0.15) is 52.9 Å². The van der Waals surface area contributed by atoms with Gasteiger partial charge in [0.2, 0.25) is 0 Å². The quantitative estimate of drug-likeness (QED) is 0.735. The van der Waals surface area contributed by atoms with Crippen molar-refractivity contribution in [2.45, 2.75) is 65.0 Å². The Morgan fingerprint density at radius 2 is 1.80 bits per heavy atom. The van der Waals surface area contributed by atoms with Crippen molar-refractivity contribution in [3.05, 3.63) is 0 Å². The van der Waals surface area contributed by atoms with E-state index in [0.717, 1.165) is 18.9 Å². The maximum Gasteiger partial charge on any atom is 0.0575 e. The molecule has 0 bridgehead atoms. The zero-order chi connectivity index (χ0) is 11.3. The van der Waals surface area contributed by atoms with Crippen molar-refractivity contribution in [2.24, 2.45) is 11.8 Å². The van der Waals surface area contributed by atoms with Crippen LogP contribution >= 0.6 is 0 Å². The number of aliphatic hydroxyl groups is 1. The molecule has 1 atom stereocenters. The molecule has 2 N–H and O–H groups in total. The van der Waals surface area contributed by atoms with E-state index in [1.54, 1.807) is 0 Å². The molecule has 0 amide bonds. The Morgan fingerprint density at radius 1 is 1.20 bits per heavy atom. The van der Waals surface area contributed by atoms with Gasteiger partial charge < -0.3 is 10.4 Å². The molecule has 0 aliphatic heterocycles. The van der Waals surface area contributed by atoms with Crippen molar-refractivity contribution in [3.8, 4) is 0 Å². The van der Waals surface area contributed by atoms with E-state index in [4.69, 9.17) is 0 Å². The average Bonchev–Trinajstić information content (AvgIpc) is 2.20. The standard InChI is InChI=1S/C13H27NO/c1-10(2)13(15)8-9-14-12-6-4-11(3)5-7-12/h10-15H,4-9H2,1-3H3. The van der Waals surface area contributed by atoms with Crippen molar-refractivity contribution >= 4 is 0 Å². The molecule has 2 heteroatoms. The average molecular weight is 213 g/mol. The Morgan fingerprint density at radius 3 is 2.33 bits per heavy atom. The Kier molecular flexibility index (Phi) is 5.62. The van der Waals surface area contributed by atoms with Crippen molar-refractivity contribution in [1.29, 1.82) is 0 Å². The lowest BCUT2D eigenvalue weighted by atomic mass is 9.87. The van der Waals surface area contributed by atoms with E-state index in [9.17, 15) is 5.11 Å². The topological polar surface area (TPSA) is 32.3 Å². The van der Waals surface area contributed by atoms with Crippen LogP contribution in [-0.4, -0.2) is 23.8 Å². The molecular weight excluding hydrogens is 186 g/mol. The Labute approximate surface area is 94.5 Å². The predicted octanol–water partition coefficient (Wildman–Crippen LogP) is 2.56. The largest absolute Gasteiger partial charge is 0.393 e. The lowest BCUT2D eigenvalue weighted by Crippen LogP contribution is -2.35. The Balaban J connectivity index is 2.05. The fourth-order valence-electron chi connectivity index (χ4n) is 2.23. The molecule has 1 fully saturated rings. The van der Waals surface area contributed by atoms with Crippen LogP contribution in [0.25, 0.3) is 0 Å². The second-order valence-corrected chi connectivity index (χ2v) is 5.51. The minimum Gasteiger partial charge on any atom is -0.393 e. The van der Waals surface area contributed by atoms with Gasteiger partial charge in [-0.1, -0.05) is 20.8 Å². The molecule has 0 aromatic carbocycles. The summed E-state index contributed by atoms with van der Waals surface area (Å²) >= 11 is 0. The molecule has 1 aliphatic carbocycles. The Bertz CT molecular complexity index is 162. The second-order valence-electron chi connectivity index (χ2n) is 5.51. The van der Waals surface area contributed by atoms with Crippen LogP contribution in [0.3, 0.4) is 0 Å². The second kappa shape index (κ2) is 6.49. The number of rotatable bonds is 5. The molecule has 1 unspecified atom stereocenters. The molecule has 15 heavy (non-hydrogen) atoms. The fraction of sp³-hybridized carbons (Fsp3) is 1.00. The first-order valence-electron chi connectivity index (χ1n) is 6.51. The van der Waals surface area contributed by atoms with Gasteiger partial charge >= 0.3 is 0 Å². The highest BCUT2D eigenvalue weighted by Crippen LogP contribution is 2.23. The van der Waals surface area contributed by atoms with Gasteiger partial charge in [0.25, 0.3) is 0 Å². The summed E-state index contributed by atoms with van der Waals surface area (Å²) in [7, 11) is 0. The van der Waals surface area contributed by atoms with Gasteiger partial charge in [-0.15, -0.1) is 0 Å². The first kappa shape index (κ1) is 13.0. The van der Waals surface area contributed by atoms with E-state index in [1.807, 2.05) is 0 Å². The molecule has 2 nitrogen and oxygen atoms in total. The van der Waals surface area contributed by atoms with Gasteiger partial charge in [0.05, 0.1) is 6.10 Å². The minimum atomic E-state index is -0.139. The smallest absolute Gasteiger partial charge is 0.0575 e. The molecule has 0 aromatic heterocycles. The molecule has 1 saturated carbocycles. The zero-order valence-corrected chi connectivity index (χ0v) is 10.5. The summed E-state index contributed by atoms with van der Waals surface area (Å²) in [5, 5.41) is 13.2. The molecule has 0 radical (unpaired) electrons. The molecular formula is C13H27NO. The van der Waals surface area contributed by atoms with Crippen LogP contribution in [-0.2, 0) is 0 Å². The molecule has 1 rings (SSSR count). The van der Waals surface area contributed by atoms with Crippen LogP contribution in [0.5, 0.6) is 0 Å². The Hall–Kier alpha value is -0.0800. The molecule has 0 heterocycles. The molecule has 0 spiro atoms. The van der Waals surface area contributed by atoms with Crippen molar-refractivity contribution in [2.75, 3.05) is 6.54 Å². The summed E-state index contributed by atoms with van der Waals surface area (Å²) in [6.07, 6.45) is 6.12. The minimum absolute atomic E-state index is 0.139. The fourth-order valence-corrected chi connectivity index (χ4v) is 2.23. The van der Waals surface area contributed by atoms with Crippen LogP contribution < -0.4 is 5.32 Å². The van der Waals surface area contributed by atoms with Crippen molar-refractivity contribution in [1.82, 2.24) is 5.32 Å². The van der Waals surface area contributed by atoms with E-state index >= 15 is 0 Å². The third-order valence-corrected chi connectivity index (χ3v) is 3.66. The van der Waals surface area contributed by atoms with E-state index in [-0.39, 0.29) is 6.10 Å². The summed E-state index contributed by atoms with van der Waals surface area (Å²) in [4.78, 5) is 0. The number of aliphatic hydroxyl groups excluding tert-OH is 1. The van der Waals surface area contributed by atoms with Gasteiger partial charge in [-0.05, 0) is 50.5 Å². The molecule has 1 aliphatic rings. The monoisotopic (exact) mass is 213 g/mol. The van der Waals surface area contributed by atoms with Gasteiger partial charge in [-0.2, -0.15) is 0 Å². The maximum absolute atomic E-state index is 9.66. The highest BCUT2D eigenvalue weighted by atomic mass is 16.3. The van der Waals surface area contributed by atoms with Crippen LogP contribution in [0.15, 0.2) is 0 Å². The van der Waals surface area contributed by atoms with E-state index in [0.29, 0.717) is 12.0 Å². The van der Waals surface area contributed by atoms with Gasteiger partial charge in [-0.3, -0.25) is 0 Å². The first-order chi connectivity index (χ1) is 7.09. The van der Waals surface area contributed by atoms with Crippen molar-refractivity contribution in [3.63, 3.8) is 0 Å². The lowest BCUT2D eigenvalue weighted by Gasteiger charge is -2.27. The van der Waals surface area contributed by atoms with Gasteiger partial charge in [-0.25, -0.2) is 0 Å². The van der Waals surface area contributed by atoms with E-state index in [2.05, 4.69) is 26.1 Å². The number of hydrogen-bond acceptors (Lipinski definition) is 2. The van der Waals surface area contributed by atoms with Crippen LogP contribution in [0.4, 0.5) is 0 Å². The highest BCUT2D eigenvalue weighted by molar-refractivity contribution is 4.75. The molecule has 0 aromatic rings. The van der Waals surface area contributed by atoms with E-state index < -0.39 is 0 Å². The third-order valence-electron chi connectivity index (χ3n) is 3.66. The summed E-state index contributed by atoms with van der Waals surface area (Å²) in [5.41, 5.74) is 0. The maximum atomic E-state index is 9.66. The lowest BCUT2D eigenvalue weighted by molar-refractivity contribution is 0.114. The van der Waals surface area contributed by atoms with Gasteiger partial charge in [0.1, 0.15) is 0 Å². The van der Waals surface area contributed by atoms with Gasteiger partial charge in [0.15, 0.2) is 0 Å². The summed E-state index contributed by atoms with van der Waals surface area (Å²) < 4.78 is 0. The van der Waals surface area contributed by atoms with Crippen LogP contribution in [0, 0.1) is 11.8 Å². The summed E-state index contributed by atoms with van der Waals surface area (Å²) in [5.74, 6) is 1.31. The van der Waals surface area contributed by atoms with E-state index in [1.165, 1.54) is 25.7 Å². The molecule has 90 valence electrons. The normalized spacial score (nSPS) is 29.4. The van der Waals surface area contributed by atoms with Crippen LogP contribution in [0.2, 0.25) is 0 Å². The number of nitrogens with one attached hydrogen (secondary N) is 1. The molecule has 0 saturated heterocycles. The van der Waals surface area contributed by atoms with Crippen molar-refractivity contribution < 1.29 is 5.11 Å². The SMILES string of the molecule is CC1CCC(NCCC(O)C(C)C)CC1. The highest BCUT2D eigenvalue weighted by Gasteiger charge is 2.17.